The molecule has 21 heavy (non-hydrogen) atoms. The molecule has 1 fully saturated rings. The molecule has 1 saturated heterocycles. The number of aromatic amines is 1. The lowest BCUT2D eigenvalue weighted by molar-refractivity contribution is -0.384. The third-order valence-electron chi connectivity index (χ3n) is 3.29. The second-order valence-corrected chi connectivity index (χ2v) is 5.04. The fourth-order valence-corrected chi connectivity index (χ4v) is 2.30. The molecule has 1 aliphatic rings. The number of nitrogens with one attached hydrogen (secondary N) is 2. The molecular formula is C13H16N4O4. The quantitative estimate of drug-likeness (QED) is 0.649. The zero-order chi connectivity index (χ0) is 14.8. The van der Waals surface area contributed by atoms with Crippen molar-refractivity contribution in [1.29, 1.82) is 0 Å². The van der Waals surface area contributed by atoms with Crippen LogP contribution < -0.4 is 10.1 Å². The van der Waals surface area contributed by atoms with E-state index in [-0.39, 0.29) is 17.9 Å². The Balaban J connectivity index is 1.68. The van der Waals surface area contributed by atoms with Crippen LogP contribution in [0.4, 0.5) is 5.69 Å². The normalized spacial score (nSPS) is 22.3. The number of nitrogens with zero attached hydrogens (tertiary/aromatic N) is 2. The Kier molecular flexibility index (Phi) is 3.72. The van der Waals surface area contributed by atoms with Gasteiger partial charge in [0, 0.05) is 25.2 Å². The fourth-order valence-electron chi connectivity index (χ4n) is 2.30. The molecule has 8 nitrogen and oxygen atoms in total. The lowest BCUT2D eigenvalue weighted by Crippen LogP contribution is -2.45. The summed E-state index contributed by atoms with van der Waals surface area (Å²) in [5.41, 5.74) is 1.23. The Morgan fingerprint density at radius 3 is 3.14 bits per heavy atom. The van der Waals surface area contributed by atoms with E-state index in [0.717, 1.165) is 13.1 Å². The number of morpholine rings is 1. The van der Waals surface area contributed by atoms with Gasteiger partial charge in [0.1, 0.15) is 12.7 Å². The predicted molar refractivity (Wildman–Crippen MR) is 75.4 cm³/mol. The molecule has 1 aromatic carbocycles. The molecule has 1 aliphatic heterocycles. The minimum atomic E-state index is -0.441. The van der Waals surface area contributed by atoms with E-state index in [4.69, 9.17) is 9.47 Å². The largest absolute Gasteiger partial charge is 0.462 e. The van der Waals surface area contributed by atoms with Crippen LogP contribution in [0.2, 0.25) is 0 Å². The number of hydrogen-bond donors (Lipinski definition) is 2. The maximum Gasteiger partial charge on any atom is 0.294 e. The zero-order valence-electron chi connectivity index (χ0n) is 11.5. The molecule has 0 spiro atoms. The van der Waals surface area contributed by atoms with Gasteiger partial charge in [-0.25, -0.2) is 0 Å². The van der Waals surface area contributed by atoms with Crippen LogP contribution in [0.1, 0.15) is 6.92 Å². The Morgan fingerprint density at radius 2 is 2.38 bits per heavy atom. The van der Waals surface area contributed by atoms with Crippen molar-refractivity contribution in [1.82, 2.24) is 15.3 Å². The van der Waals surface area contributed by atoms with Crippen molar-refractivity contribution in [2.45, 2.75) is 19.1 Å². The standard InChI is InChI=1S/C13H16N4O4/c1-8-5-14-6-10(21-8)7-20-13-15-11-3-2-9(17(18)19)4-12(11)16-13/h2-4,8,10,14H,5-7H2,1H3,(H,15,16). The van der Waals surface area contributed by atoms with E-state index in [1.807, 2.05) is 6.92 Å². The minimum absolute atomic E-state index is 0.0198. The van der Waals surface area contributed by atoms with Crippen LogP contribution >= 0.6 is 0 Å². The van der Waals surface area contributed by atoms with Crippen molar-refractivity contribution in [3.8, 4) is 6.01 Å². The molecule has 0 radical (unpaired) electrons. The van der Waals surface area contributed by atoms with Crippen LogP contribution in [0.5, 0.6) is 6.01 Å². The molecule has 3 rings (SSSR count). The van der Waals surface area contributed by atoms with Crippen molar-refractivity contribution < 1.29 is 14.4 Å². The summed E-state index contributed by atoms with van der Waals surface area (Å²) in [7, 11) is 0. The van der Waals surface area contributed by atoms with Gasteiger partial charge in [-0.1, -0.05) is 0 Å². The fraction of sp³-hybridized carbons (Fsp3) is 0.462. The van der Waals surface area contributed by atoms with Gasteiger partial charge >= 0.3 is 0 Å². The number of rotatable bonds is 4. The number of ether oxygens (including phenoxy) is 2. The zero-order valence-corrected chi connectivity index (χ0v) is 11.5. The second kappa shape index (κ2) is 5.66. The van der Waals surface area contributed by atoms with Crippen LogP contribution in [0, 0.1) is 10.1 Å². The molecule has 2 unspecified atom stereocenters. The van der Waals surface area contributed by atoms with Gasteiger partial charge in [0.05, 0.1) is 22.1 Å². The van der Waals surface area contributed by atoms with Crippen LogP contribution in [0.15, 0.2) is 18.2 Å². The van der Waals surface area contributed by atoms with Gasteiger partial charge in [0.2, 0.25) is 0 Å². The Labute approximate surface area is 120 Å². The summed E-state index contributed by atoms with van der Waals surface area (Å²) >= 11 is 0. The molecule has 0 saturated carbocycles. The topological polar surface area (TPSA) is 102 Å². The Bertz CT molecular complexity index is 657. The molecule has 2 N–H and O–H groups in total. The molecule has 2 heterocycles. The number of aromatic nitrogens is 2. The van der Waals surface area contributed by atoms with Gasteiger partial charge in [-0.15, -0.1) is 0 Å². The van der Waals surface area contributed by atoms with Gasteiger partial charge < -0.3 is 19.8 Å². The first-order valence-corrected chi connectivity index (χ1v) is 6.75. The third kappa shape index (κ3) is 3.11. The first kappa shape index (κ1) is 13.8. The third-order valence-corrected chi connectivity index (χ3v) is 3.29. The molecule has 2 aromatic rings. The highest BCUT2D eigenvalue weighted by Gasteiger charge is 2.20. The van der Waals surface area contributed by atoms with Gasteiger partial charge in [-0.2, -0.15) is 4.98 Å². The summed E-state index contributed by atoms with van der Waals surface area (Å²) in [6, 6.07) is 4.79. The van der Waals surface area contributed by atoms with Gasteiger partial charge in [-0.3, -0.25) is 10.1 Å². The van der Waals surface area contributed by atoms with E-state index in [1.165, 1.54) is 12.1 Å². The lowest BCUT2D eigenvalue weighted by Gasteiger charge is -2.28. The van der Waals surface area contributed by atoms with E-state index < -0.39 is 4.92 Å². The average Bonchev–Trinajstić information content (AvgIpc) is 2.87. The lowest BCUT2D eigenvalue weighted by atomic mass is 10.2. The minimum Gasteiger partial charge on any atom is -0.462 e. The van der Waals surface area contributed by atoms with Crippen molar-refractivity contribution in [3.05, 3.63) is 28.3 Å². The maximum atomic E-state index is 10.7. The van der Waals surface area contributed by atoms with Gasteiger partial charge in [0.25, 0.3) is 11.7 Å². The number of non-ortho nitro benzene ring substituents is 1. The smallest absolute Gasteiger partial charge is 0.294 e. The van der Waals surface area contributed by atoms with E-state index in [1.54, 1.807) is 6.07 Å². The summed E-state index contributed by atoms with van der Waals surface area (Å²) in [4.78, 5) is 17.5. The van der Waals surface area contributed by atoms with Crippen LogP contribution in [-0.2, 0) is 4.74 Å². The Hall–Kier alpha value is -2.19. The highest BCUT2D eigenvalue weighted by Crippen LogP contribution is 2.21. The van der Waals surface area contributed by atoms with Crippen LogP contribution in [0.25, 0.3) is 11.0 Å². The molecule has 1 aromatic heterocycles. The highest BCUT2D eigenvalue weighted by atomic mass is 16.6. The average molecular weight is 292 g/mol. The number of hydrogen-bond acceptors (Lipinski definition) is 6. The number of nitro groups is 1. The molecule has 0 bridgehead atoms. The molecule has 112 valence electrons. The highest BCUT2D eigenvalue weighted by molar-refractivity contribution is 5.78. The predicted octanol–water partition coefficient (Wildman–Crippen LogP) is 1.23. The monoisotopic (exact) mass is 292 g/mol. The van der Waals surface area contributed by atoms with Crippen molar-refractivity contribution in [2.75, 3.05) is 19.7 Å². The maximum absolute atomic E-state index is 10.7. The van der Waals surface area contributed by atoms with E-state index >= 15 is 0 Å². The molecule has 0 amide bonds. The van der Waals surface area contributed by atoms with E-state index in [0.29, 0.717) is 23.7 Å². The van der Waals surface area contributed by atoms with E-state index in [9.17, 15) is 10.1 Å². The summed E-state index contributed by atoms with van der Waals surface area (Å²) < 4.78 is 11.3. The van der Waals surface area contributed by atoms with Gasteiger partial charge in [-0.05, 0) is 13.0 Å². The van der Waals surface area contributed by atoms with E-state index in [2.05, 4.69) is 15.3 Å². The number of H-pyrrole nitrogens is 1. The molecular weight excluding hydrogens is 276 g/mol. The first-order valence-electron chi connectivity index (χ1n) is 6.75. The van der Waals surface area contributed by atoms with Crippen molar-refractivity contribution in [2.24, 2.45) is 0 Å². The Morgan fingerprint density at radius 1 is 1.52 bits per heavy atom. The summed E-state index contributed by atoms with van der Waals surface area (Å²) in [6.07, 6.45) is 0.127. The first-order chi connectivity index (χ1) is 10.1. The SMILES string of the molecule is CC1CNCC(COc2nc3ccc([N+](=O)[O-])cc3[nH]2)O1. The molecule has 0 aliphatic carbocycles. The number of nitro benzene ring substituents is 1. The van der Waals surface area contributed by atoms with Gasteiger partial charge in [0.15, 0.2) is 0 Å². The summed E-state index contributed by atoms with van der Waals surface area (Å²) in [5.74, 6) is 0. The summed E-state index contributed by atoms with van der Waals surface area (Å²) in [5, 5.41) is 14.0. The van der Waals surface area contributed by atoms with Crippen LogP contribution in [-0.4, -0.2) is 46.8 Å². The number of fused-ring (bicyclic) bond motifs is 1. The molecule has 8 heteroatoms. The van der Waals surface area contributed by atoms with Crippen molar-refractivity contribution in [3.63, 3.8) is 0 Å². The van der Waals surface area contributed by atoms with Crippen LogP contribution in [0.3, 0.4) is 0 Å². The second-order valence-electron chi connectivity index (χ2n) is 5.04. The number of imidazole rings is 1. The van der Waals surface area contributed by atoms with Crippen molar-refractivity contribution >= 4 is 16.7 Å². The molecule has 2 atom stereocenters. The number of benzene rings is 1. The summed E-state index contributed by atoms with van der Waals surface area (Å²) in [6.45, 7) is 3.94.